The van der Waals surface area contributed by atoms with Gasteiger partial charge in [-0.2, -0.15) is 0 Å². The van der Waals surface area contributed by atoms with E-state index in [4.69, 9.17) is 0 Å². The molecule has 23 heavy (non-hydrogen) atoms. The van der Waals surface area contributed by atoms with Crippen LogP contribution in [0.5, 0.6) is 0 Å². The van der Waals surface area contributed by atoms with Gasteiger partial charge in [0.05, 0.1) is 12.2 Å². The first-order valence-corrected chi connectivity index (χ1v) is 9.23. The molecule has 0 spiro atoms. The number of carbonyl (C=O) groups excluding carboxylic acids is 1. The van der Waals surface area contributed by atoms with Crippen molar-refractivity contribution in [1.82, 2.24) is 14.7 Å². The molecule has 0 aliphatic heterocycles. The van der Waals surface area contributed by atoms with Crippen LogP contribution in [-0.2, 0) is 17.3 Å². The van der Waals surface area contributed by atoms with Gasteiger partial charge in [0.15, 0.2) is 0 Å². The van der Waals surface area contributed by atoms with Gasteiger partial charge in [0.1, 0.15) is 5.65 Å². The summed E-state index contributed by atoms with van der Waals surface area (Å²) in [4.78, 5) is 17.3. The number of rotatable bonds is 4. The lowest BCUT2D eigenvalue weighted by atomic mass is 10.2. The highest BCUT2D eigenvalue weighted by Gasteiger charge is 2.08. The summed E-state index contributed by atoms with van der Waals surface area (Å²) in [7, 11) is -1.04. The van der Waals surface area contributed by atoms with Crippen molar-refractivity contribution >= 4 is 38.3 Å². The number of halogens is 1. The number of hydrogen-bond donors (Lipinski definition) is 1. The van der Waals surface area contributed by atoms with Crippen LogP contribution in [0.4, 0.5) is 0 Å². The van der Waals surface area contributed by atoms with Gasteiger partial charge < -0.3 is 9.72 Å². The number of benzene rings is 1. The Labute approximate surface area is 144 Å². The maximum absolute atomic E-state index is 12.1. The van der Waals surface area contributed by atoms with Crippen molar-refractivity contribution in [1.29, 1.82) is 0 Å². The second kappa shape index (κ2) is 6.64. The van der Waals surface area contributed by atoms with Gasteiger partial charge in [-0.1, -0.05) is 0 Å². The molecule has 118 valence electrons. The summed E-state index contributed by atoms with van der Waals surface area (Å²) in [5.41, 5.74) is 2.14. The summed E-state index contributed by atoms with van der Waals surface area (Å²) in [5, 5.41) is 2.84. The summed E-state index contributed by atoms with van der Waals surface area (Å²) in [6, 6.07) is 10.6. The van der Waals surface area contributed by atoms with Gasteiger partial charge in [-0.3, -0.25) is 9.00 Å². The molecular formula is C16H14BrN3O2S. The normalized spacial score (nSPS) is 12.3. The number of carbonyl (C=O) groups is 1. The number of hydrogen-bond acceptors (Lipinski definition) is 3. The molecule has 1 atom stereocenters. The summed E-state index contributed by atoms with van der Waals surface area (Å²) in [6.45, 7) is 0.347. The largest absolute Gasteiger partial charge is 0.346 e. The third-order valence-corrected chi connectivity index (χ3v) is 4.75. The average molecular weight is 392 g/mol. The topological polar surface area (TPSA) is 63.5 Å². The predicted molar refractivity (Wildman–Crippen MR) is 92.8 cm³/mol. The first-order valence-electron chi connectivity index (χ1n) is 6.88. The molecule has 1 aromatic carbocycles. The zero-order valence-electron chi connectivity index (χ0n) is 12.3. The number of nitrogens with one attached hydrogen (secondary N) is 1. The molecular weight excluding hydrogens is 378 g/mol. The van der Waals surface area contributed by atoms with E-state index in [1.165, 1.54) is 0 Å². The van der Waals surface area contributed by atoms with E-state index in [1.807, 2.05) is 28.9 Å². The first kappa shape index (κ1) is 15.9. The number of amides is 1. The van der Waals surface area contributed by atoms with Crippen LogP contribution >= 0.6 is 15.9 Å². The van der Waals surface area contributed by atoms with Crippen molar-refractivity contribution in [2.24, 2.45) is 0 Å². The lowest BCUT2D eigenvalue weighted by Crippen LogP contribution is -2.22. The smallest absolute Gasteiger partial charge is 0.251 e. The fourth-order valence-electron chi connectivity index (χ4n) is 2.17. The van der Waals surface area contributed by atoms with Gasteiger partial charge in [0.2, 0.25) is 0 Å². The first-order chi connectivity index (χ1) is 11.0. The highest BCUT2D eigenvalue weighted by atomic mass is 79.9. The van der Waals surface area contributed by atoms with Crippen molar-refractivity contribution in [3.8, 4) is 0 Å². The van der Waals surface area contributed by atoms with Crippen LogP contribution in [0.3, 0.4) is 0 Å². The lowest BCUT2D eigenvalue weighted by molar-refractivity contribution is 0.0950. The van der Waals surface area contributed by atoms with Crippen LogP contribution in [0.15, 0.2) is 58.2 Å². The van der Waals surface area contributed by atoms with Crippen LogP contribution in [0, 0.1) is 0 Å². The maximum atomic E-state index is 12.1. The molecule has 0 aliphatic rings. The quantitative estimate of drug-likeness (QED) is 0.743. The standard InChI is InChI=1S/C16H14BrN3O2S/c1-23(22)14-5-2-11(3-6-14)16(21)18-8-13-10-20-9-12(17)4-7-15(20)19-13/h2-7,9-10H,8H2,1H3,(H,18,21). The highest BCUT2D eigenvalue weighted by Crippen LogP contribution is 2.13. The van der Waals surface area contributed by atoms with E-state index in [1.54, 1.807) is 30.5 Å². The number of aromatic nitrogens is 2. The SMILES string of the molecule is CS(=O)c1ccc(C(=O)NCc2cn3cc(Br)ccc3n2)cc1. The molecule has 2 heterocycles. The van der Waals surface area contributed by atoms with Crippen molar-refractivity contribution < 1.29 is 9.00 Å². The minimum absolute atomic E-state index is 0.184. The summed E-state index contributed by atoms with van der Waals surface area (Å²) in [6.07, 6.45) is 5.40. The van der Waals surface area contributed by atoms with E-state index in [2.05, 4.69) is 26.2 Å². The van der Waals surface area contributed by atoms with Crippen LogP contribution in [0.1, 0.15) is 16.1 Å². The molecule has 0 bridgehead atoms. The van der Waals surface area contributed by atoms with Crippen molar-refractivity contribution in [2.75, 3.05) is 6.26 Å². The molecule has 0 saturated heterocycles. The third-order valence-electron chi connectivity index (χ3n) is 3.34. The van der Waals surface area contributed by atoms with Crippen molar-refractivity contribution in [2.45, 2.75) is 11.4 Å². The minimum Gasteiger partial charge on any atom is -0.346 e. The van der Waals surface area contributed by atoms with E-state index >= 15 is 0 Å². The van der Waals surface area contributed by atoms with Crippen LogP contribution in [-0.4, -0.2) is 25.8 Å². The van der Waals surface area contributed by atoms with Crippen molar-refractivity contribution in [3.05, 3.63) is 64.5 Å². The van der Waals surface area contributed by atoms with Gasteiger partial charge in [-0.15, -0.1) is 0 Å². The van der Waals surface area contributed by atoms with E-state index in [-0.39, 0.29) is 5.91 Å². The molecule has 0 aliphatic carbocycles. The second-order valence-corrected chi connectivity index (χ2v) is 7.30. The Kier molecular flexibility index (Phi) is 4.58. The Morgan fingerprint density at radius 2 is 1.96 bits per heavy atom. The molecule has 1 unspecified atom stereocenters. The van der Waals surface area contributed by atoms with E-state index in [0.717, 1.165) is 15.8 Å². The summed E-state index contributed by atoms with van der Waals surface area (Å²) < 4.78 is 14.2. The van der Waals surface area contributed by atoms with Gasteiger partial charge in [0, 0.05) is 44.4 Å². The number of pyridine rings is 1. The Morgan fingerprint density at radius 1 is 1.22 bits per heavy atom. The molecule has 1 N–H and O–H groups in total. The molecule has 3 rings (SSSR count). The van der Waals surface area contributed by atoms with Gasteiger partial charge in [0.25, 0.3) is 5.91 Å². The minimum atomic E-state index is -1.04. The van der Waals surface area contributed by atoms with Gasteiger partial charge >= 0.3 is 0 Å². The van der Waals surface area contributed by atoms with E-state index in [9.17, 15) is 9.00 Å². The number of fused-ring (bicyclic) bond motifs is 1. The van der Waals surface area contributed by atoms with E-state index < -0.39 is 10.8 Å². The predicted octanol–water partition coefficient (Wildman–Crippen LogP) is 2.76. The van der Waals surface area contributed by atoms with Crippen LogP contribution in [0.25, 0.3) is 5.65 Å². The van der Waals surface area contributed by atoms with Gasteiger partial charge in [-0.05, 0) is 52.3 Å². The number of imidazole rings is 1. The Morgan fingerprint density at radius 3 is 2.65 bits per heavy atom. The molecule has 1 amide bonds. The third kappa shape index (κ3) is 3.68. The van der Waals surface area contributed by atoms with Crippen molar-refractivity contribution in [3.63, 3.8) is 0 Å². The summed E-state index contributed by atoms with van der Waals surface area (Å²) in [5.74, 6) is -0.184. The molecule has 7 heteroatoms. The monoisotopic (exact) mass is 391 g/mol. The molecule has 5 nitrogen and oxygen atoms in total. The molecule has 2 aromatic heterocycles. The zero-order valence-corrected chi connectivity index (χ0v) is 14.7. The zero-order chi connectivity index (χ0) is 16.4. The molecule has 3 aromatic rings. The Bertz CT molecular complexity index is 890. The lowest BCUT2D eigenvalue weighted by Gasteiger charge is -2.04. The fourth-order valence-corrected chi connectivity index (χ4v) is 3.05. The van der Waals surface area contributed by atoms with Crippen LogP contribution < -0.4 is 5.32 Å². The second-order valence-electron chi connectivity index (χ2n) is 5.01. The van der Waals surface area contributed by atoms with E-state index in [0.29, 0.717) is 17.0 Å². The summed E-state index contributed by atoms with van der Waals surface area (Å²) >= 11 is 3.41. The van der Waals surface area contributed by atoms with Crippen LogP contribution in [0.2, 0.25) is 0 Å². The maximum Gasteiger partial charge on any atom is 0.251 e. The molecule has 0 saturated carbocycles. The highest BCUT2D eigenvalue weighted by molar-refractivity contribution is 9.10. The average Bonchev–Trinajstić information content (AvgIpc) is 2.94. The van der Waals surface area contributed by atoms with Gasteiger partial charge in [-0.25, -0.2) is 4.98 Å². The molecule has 0 fully saturated rings. The Hall–Kier alpha value is -1.99. The Balaban J connectivity index is 1.68. The fraction of sp³-hybridized carbons (Fsp3) is 0.125. The molecule has 0 radical (unpaired) electrons. The number of nitrogens with zero attached hydrogens (tertiary/aromatic N) is 2.